The fraction of sp³-hybridized carbons (Fsp3) is 0.529. The molecule has 2 unspecified atom stereocenters. The Hall–Kier alpha value is -1.80. The van der Waals surface area contributed by atoms with Crippen LogP contribution in [0.25, 0.3) is 0 Å². The van der Waals surface area contributed by atoms with Crippen LogP contribution >= 0.6 is 23.4 Å². The van der Waals surface area contributed by atoms with Crippen molar-refractivity contribution in [3.05, 3.63) is 32.8 Å². The topological polar surface area (TPSA) is 67.2 Å². The highest BCUT2D eigenvalue weighted by molar-refractivity contribution is 7.98. The van der Waals surface area contributed by atoms with Crippen LogP contribution in [0.1, 0.15) is 17.7 Å². The summed E-state index contributed by atoms with van der Waals surface area (Å²) in [6.45, 7) is 5.74. The molecule has 0 N–H and O–H groups in total. The van der Waals surface area contributed by atoms with Gasteiger partial charge in [0.15, 0.2) is 5.16 Å². The molecule has 2 aromatic heterocycles. The second-order valence-corrected chi connectivity index (χ2v) is 8.02. The number of piperidine rings is 1. The third-order valence-electron chi connectivity index (χ3n) is 5.36. The molecule has 0 aliphatic carbocycles. The first kappa shape index (κ1) is 17.6. The smallest absolute Gasteiger partial charge is 0.287 e. The third-order valence-corrected chi connectivity index (χ3v) is 6.27. The molecular formula is C17H21ClN6OS. The highest BCUT2D eigenvalue weighted by atomic mass is 35.5. The van der Waals surface area contributed by atoms with Crippen LogP contribution in [0.15, 0.2) is 16.1 Å². The molecule has 3 aliphatic rings. The number of nitrogens with zero attached hydrogens (tertiary/aromatic N) is 6. The van der Waals surface area contributed by atoms with Crippen LogP contribution in [0.2, 0.25) is 5.02 Å². The van der Waals surface area contributed by atoms with Crippen molar-refractivity contribution in [2.45, 2.75) is 37.5 Å². The maximum absolute atomic E-state index is 12.1. The molecule has 2 bridgehead atoms. The number of thioether (sulfide) groups is 1. The zero-order chi connectivity index (χ0) is 18.6. The maximum atomic E-state index is 12.1. The lowest BCUT2D eigenvalue weighted by Crippen LogP contribution is -2.69. The minimum Gasteiger partial charge on any atom is -0.365 e. The summed E-state index contributed by atoms with van der Waals surface area (Å²) in [5.74, 6) is 1.04. The molecule has 2 atom stereocenters. The van der Waals surface area contributed by atoms with Gasteiger partial charge in [0.25, 0.3) is 5.56 Å². The van der Waals surface area contributed by atoms with Gasteiger partial charge in [0, 0.05) is 31.4 Å². The number of fused-ring (bicyclic) bond motifs is 2. The van der Waals surface area contributed by atoms with Crippen LogP contribution < -0.4 is 15.4 Å². The molecule has 0 radical (unpaired) electrons. The monoisotopic (exact) mass is 392 g/mol. The van der Waals surface area contributed by atoms with E-state index < -0.39 is 0 Å². The van der Waals surface area contributed by atoms with Gasteiger partial charge in [0.1, 0.15) is 10.8 Å². The van der Waals surface area contributed by atoms with Crippen LogP contribution in [0, 0.1) is 13.8 Å². The number of hydrogen-bond acceptors (Lipinski definition) is 7. The summed E-state index contributed by atoms with van der Waals surface area (Å²) in [5, 5.41) is 5.17. The Labute approximate surface area is 161 Å². The van der Waals surface area contributed by atoms with Gasteiger partial charge >= 0.3 is 0 Å². The summed E-state index contributed by atoms with van der Waals surface area (Å²) in [5.41, 5.74) is 2.64. The molecule has 9 heteroatoms. The molecular weight excluding hydrogens is 372 g/mol. The zero-order valence-electron chi connectivity index (χ0n) is 15.2. The van der Waals surface area contributed by atoms with Gasteiger partial charge in [0.05, 0.1) is 24.0 Å². The standard InChI is InChI=1S/C17H21ClN6OS/c1-9-10(2)20-17(26-4)21-15(9)24-11-5-12(24)8-23(7-11)13-6-19-22(3)16(25)14(13)18/h6,11-12H,5,7-8H2,1-4H3. The molecule has 0 spiro atoms. The van der Waals surface area contributed by atoms with Crippen molar-refractivity contribution < 1.29 is 0 Å². The number of aryl methyl sites for hydroxylation is 2. The molecule has 3 saturated heterocycles. The van der Waals surface area contributed by atoms with Crippen LogP contribution in [-0.4, -0.2) is 51.2 Å². The van der Waals surface area contributed by atoms with Crippen LogP contribution in [-0.2, 0) is 7.05 Å². The molecule has 0 amide bonds. The van der Waals surface area contributed by atoms with Gasteiger partial charge in [-0.2, -0.15) is 5.10 Å². The van der Waals surface area contributed by atoms with Crippen molar-refractivity contribution in [1.29, 1.82) is 0 Å². The lowest BCUT2D eigenvalue weighted by Gasteiger charge is -2.57. The summed E-state index contributed by atoms with van der Waals surface area (Å²) >= 11 is 7.85. The summed E-state index contributed by atoms with van der Waals surface area (Å²) < 4.78 is 1.26. The average molecular weight is 393 g/mol. The van der Waals surface area contributed by atoms with Crippen LogP contribution in [0.4, 0.5) is 11.5 Å². The quantitative estimate of drug-likeness (QED) is 0.584. The number of anilines is 2. The number of rotatable bonds is 3. The van der Waals surface area contributed by atoms with Crippen molar-refractivity contribution in [2.75, 3.05) is 29.1 Å². The largest absolute Gasteiger partial charge is 0.365 e. The highest BCUT2D eigenvalue weighted by Gasteiger charge is 2.46. The van der Waals surface area contributed by atoms with Gasteiger partial charge in [-0.05, 0) is 26.5 Å². The maximum Gasteiger partial charge on any atom is 0.287 e. The van der Waals surface area contributed by atoms with Crippen molar-refractivity contribution in [1.82, 2.24) is 19.7 Å². The highest BCUT2D eigenvalue weighted by Crippen LogP contribution is 2.40. The molecule has 0 saturated carbocycles. The normalized spacial score (nSPS) is 21.7. The van der Waals surface area contributed by atoms with Gasteiger partial charge in [-0.25, -0.2) is 14.6 Å². The van der Waals surface area contributed by atoms with E-state index in [-0.39, 0.29) is 10.6 Å². The number of hydrogen-bond donors (Lipinski definition) is 0. The van der Waals surface area contributed by atoms with Crippen LogP contribution in [0.3, 0.4) is 0 Å². The Bertz CT molecular complexity index is 920. The Morgan fingerprint density at radius 2 is 1.92 bits per heavy atom. The number of aromatic nitrogens is 4. The molecule has 2 aromatic rings. The number of halogens is 1. The predicted molar refractivity (Wildman–Crippen MR) is 105 cm³/mol. The van der Waals surface area contributed by atoms with E-state index in [9.17, 15) is 4.79 Å². The van der Waals surface area contributed by atoms with E-state index in [2.05, 4.69) is 26.8 Å². The Morgan fingerprint density at radius 1 is 1.23 bits per heavy atom. The minimum absolute atomic E-state index is 0.245. The molecule has 3 aliphatic heterocycles. The van der Waals surface area contributed by atoms with Crippen LogP contribution in [0.5, 0.6) is 0 Å². The molecule has 3 fully saturated rings. The summed E-state index contributed by atoms with van der Waals surface area (Å²) in [6, 6.07) is 0.716. The Kier molecular flexibility index (Phi) is 4.35. The fourth-order valence-corrected chi connectivity index (χ4v) is 4.50. The molecule has 7 nitrogen and oxygen atoms in total. The van der Waals surface area contributed by atoms with Crippen molar-refractivity contribution >= 4 is 34.9 Å². The van der Waals surface area contributed by atoms with Gasteiger partial charge < -0.3 is 9.80 Å². The van der Waals surface area contributed by atoms with E-state index >= 15 is 0 Å². The first-order valence-electron chi connectivity index (χ1n) is 8.55. The fourth-order valence-electron chi connectivity index (χ4n) is 3.81. The lowest BCUT2D eigenvalue weighted by molar-refractivity contribution is 0.287. The van der Waals surface area contributed by atoms with E-state index in [0.29, 0.717) is 12.1 Å². The molecule has 26 heavy (non-hydrogen) atoms. The summed E-state index contributed by atoms with van der Waals surface area (Å²) in [7, 11) is 1.61. The van der Waals surface area contributed by atoms with Crippen molar-refractivity contribution in [2.24, 2.45) is 7.05 Å². The van der Waals surface area contributed by atoms with E-state index in [1.807, 2.05) is 13.2 Å². The lowest BCUT2D eigenvalue weighted by atomic mass is 9.86. The van der Waals surface area contributed by atoms with Crippen molar-refractivity contribution in [3.63, 3.8) is 0 Å². The first-order chi connectivity index (χ1) is 12.4. The van der Waals surface area contributed by atoms with Gasteiger partial charge in [0.2, 0.25) is 0 Å². The first-order valence-corrected chi connectivity index (χ1v) is 10.1. The summed E-state index contributed by atoms with van der Waals surface area (Å²) in [4.78, 5) is 25.9. The summed E-state index contributed by atoms with van der Waals surface area (Å²) in [6.07, 6.45) is 4.81. The Morgan fingerprint density at radius 3 is 2.58 bits per heavy atom. The van der Waals surface area contributed by atoms with E-state index in [1.54, 1.807) is 25.0 Å². The second-order valence-electron chi connectivity index (χ2n) is 6.87. The van der Waals surface area contributed by atoms with E-state index in [1.165, 1.54) is 4.68 Å². The predicted octanol–water partition coefficient (Wildman–Crippen LogP) is 2.03. The van der Waals surface area contributed by atoms with Gasteiger partial charge in [-0.15, -0.1) is 0 Å². The van der Waals surface area contributed by atoms with Gasteiger partial charge in [-0.1, -0.05) is 23.4 Å². The van der Waals surface area contributed by atoms with E-state index in [4.69, 9.17) is 16.6 Å². The SMILES string of the molecule is CSc1nc(C)c(C)c(N2C3CC2CN(c2cnn(C)c(=O)c2Cl)C3)n1. The molecule has 138 valence electrons. The zero-order valence-corrected chi connectivity index (χ0v) is 16.8. The minimum atomic E-state index is -0.257. The molecule has 5 heterocycles. The Balaban J connectivity index is 1.62. The average Bonchev–Trinajstić information content (AvgIpc) is 2.63. The number of piperazine rings is 1. The molecule has 0 aromatic carbocycles. The second kappa shape index (κ2) is 6.42. The molecule has 5 rings (SSSR count). The third kappa shape index (κ3) is 2.66. The van der Waals surface area contributed by atoms with E-state index in [0.717, 1.165) is 47.4 Å². The van der Waals surface area contributed by atoms with Crippen molar-refractivity contribution in [3.8, 4) is 0 Å². The van der Waals surface area contributed by atoms with Gasteiger partial charge in [-0.3, -0.25) is 4.79 Å².